The van der Waals surface area contributed by atoms with Gasteiger partial charge < -0.3 is 14.7 Å². The van der Waals surface area contributed by atoms with Gasteiger partial charge in [-0.1, -0.05) is 5.16 Å². The largest absolute Gasteiger partial charge is 0.360 e. The molecule has 1 saturated carbocycles. The van der Waals surface area contributed by atoms with Crippen LogP contribution in [0.25, 0.3) is 0 Å². The second-order valence-corrected chi connectivity index (χ2v) is 10.6. The van der Waals surface area contributed by atoms with E-state index in [0.29, 0.717) is 42.6 Å². The molecule has 1 aliphatic carbocycles. The first-order chi connectivity index (χ1) is 14.8. The van der Waals surface area contributed by atoms with Crippen LogP contribution in [0, 0.1) is 19.8 Å². The monoisotopic (exact) mass is 467 g/mol. The van der Waals surface area contributed by atoms with Gasteiger partial charge in [-0.15, -0.1) is 11.3 Å². The Hall–Kier alpha value is -2.31. The Labute approximate surface area is 184 Å². The molecule has 2 aromatic heterocycles. The quantitative estimate of drug-likeness (QED) is 0.683. The van der Waals surface area contributed by atoms with Crippen LogP contribution in [0.1, 0.15) is 36.4 Å². The third kappa shape index (κ3) is 4.80. The molecule has 168 valence electrons. The van der Waals surface area contributed by atoms with Gasteiger partial charge in [0.05, 0.1) is 12.1 Å². The van der Waals surface area contributed by atoms with Crippen molar-refractivity contribution in [2.45, 2.75) is 44.4 Å². The molecule has 2 aliphatic rings. The summed E-state index contributed by atoms with van der Waals surface area (Å²) >= 11 is 1.30. The lowest BCUT2D eigenvalue weighted by Crippen LogP contribution is -2.38. The van der Waals surface area contributed by atoms with Gasteiger partial charge in [0.1, 0.15) is 10.6 Å². The minimum absolute atomic E-state index is 0.0145. The normalized spacial score (nSPS) is 18.1. The minimum atomic E-state index is -3.73. The van der Waals surface area contributed by atoms with Crippen molar-refractivity contribution in [2.24, 2.45) is 5.92 Å². The molecule has 12 heteroatoms. The zero-order chi connectivity index (χ0) is 22.2. The van der Waals surface area contributed by atoms with Crippen molar-refractivity contribution in [1.29, 1.82) is 0 Å². The van der Waals surface area contributed by atoms with E-state index in [0.717, 1.165) is 12.8 Å². The summed E-state index contributed by atoms with van der Waals surface area (Å²) in [5, 5.41) is 8.81. The number of sulfonamides is 1. The molecule has 0 aromatic carbocycles. The number of hydrogen-bond acceptors (Lipinski definition) is 8. The zero-order valence-corrected chi connectivity index (χ0v) is 19.1. The smallest absolute Gasteiger partial charge is 0.248 e. The lowest BCUT2D eigenvalue weighted by molar-refractivity contribution is -0.130. The Balaban J connectivity index is 1.36. The van der Waals surface area contributed by atoms with Crippen molar-refractivity contribution in [1.82, 2.24) is 19.3 Å². The molecule has 2 amide bonds. The SMILES string of the molecule is Cc1noc(C)c1S(=O)(=O)N1CCCN(C(=O)Cc2csc(NC(=O)C3CC3)n2)CC1. The summed E-state index contributed by atoms with van der Waals surface area (Å²) in [5.41, 5.74) is 0.938. The molecule has 0 radical (unpaired) electrons. The number of carbonyl (C=O) groups excluding carboxylic acids is 2. The van der Waals surface area contributed by atoms with Crippen LogP contribution in [0.15, 0.2) is 14.8 Å². The molecule has 1 N–H and O–H groups in total. The fraction of sp³-hybridized carbons (Fsp3) is 0.579. The van der Waals surface area contributed by atoms with Gasteiger partial charge in [0, 0.05) is 37.5 Å². The van der Waals surface area contributed by atoms with Crippen LogP contribution in [-0.2, 0) is 26.0 Å². The third-order valence-electron chi connectivity index (χ3n) is 5.44. The van der Waals surface area contributed by atoms with Gasteiger partial charge >= 0.3 is 0 Å². The van der Waals surface area contributed by atoms with Crippen LogP contribution >= 0.6 is 11.3 Å². The highest BCUT2D eigenvalue weighted by Gasteiger charge is 2.33. The maximum absolute atomic E-state index is 13.0. The van der Waals surface area contributed by atoms with E-state index >= 15 is 0 Å². The molecule has 10 nitrogen and oxygen atoms in total. The van der Waals surface area contributed by atoms with Gasteiger partial charge in [-0.2, -0.15) is 4.31 Å². The minimum Gasteiger partial charge on any atom is -0.360 e. The van der Waals surface area contributed by atoms with Crippen molar-refractivity contribution < 1.29 is 22.5 Å². The molecule has 0 atom stereocenters. The van der Waals surface area contributed by atoms with E-state index in [1.165, 1.54) is 15.6 Å². The highest BCUT2D eigenvalue weighted by molar-refractivity contribution is 7.89. The average Bonchev–Trinajstić information content (AvgIpc) is 3.45. The molecule has 1 saturated heterocycles. The maximum atomic E-state index is 13.0. The first-order valence-corrected chi connectivity index (χ1v) is 12.5. The number of anilines is 1. The predicted molar refractivity (Wildman–Crippen MR) is 113 cm³/mol. The summed E-state index contributed by atoms with van der Waals surface area (Å²) in [4.78, 5) is 30.7. The van der Waals surface area contributed by atoms with Gasteiger partial charge in [0.15, 0.2) is 10.9 Å². The van der Waals surface area contributed by atoms with E-state index < -0.39 is 10.0 Å². The number of amides is 2. The third-order valence-corrected chi connectivity index (χ3v) is 8.39. The molecule has 1 aliphatic heterocycles. The number of nitrogens with zero attached hydrogens (tertiary/aromatic N) is 4. The molecule has 3 heterocycles. The van der Waals surface area contributed by atoms with Crippen LogP contribution in [0.4, 0.5) is 5.13 Å². The molecule has 0 bridgehead atoms. The highest BCUT2D eigenvalue weighted by Crippen LogP contribution is 2.30. The number of nitrogens with one attached hydrogen (secondary N) is 1. The molecule has 0 spiro atoms. The van der Waals surface area contributed by atoms with Crippen molar-refractivity contribution in [3.05, 3.63) is 22.5 Å². The topological polar surface area (TPSA) is 126 Å². The summed E-state index contributed by atoms with van der Waals surface area (Å²) in [6.07, 6.45) is 2.49. The van der Waals surface area contributed by atoms with Gasteiger partial charge in [-0.05, 0) is 33.1 Å². The van der Waals surface area contributed by atoms with Gasteiger partial charge in [-0.25, -0.2) is 13.4 Å². The summed E-state index contributed by atoms with van der Waals surface area (Å²) < 4.78 is 32.5. The molecule has 2 aromatic rings. The number of thiazole rings is 1. The van der Waals surface area contributed by atoms with Crippen molar-refractivity contribution in [3.8, 4) is 0 Å². The number of carbonyl (C=O) groups is 2. The molecule has 4 rings (SSSR count). The fourth-order valence-electron chi connectivity index (χ4n) is 3.62. The Morgan fingerprint density at radius 2 is 2.00 bits per heavy atom. The van der Waals surface area contributed by atoms with Crippen molar-refractivity contribution in [3.63, 3.8) is 0 Å². The van der Waals surface area contributed by atoms with Crippen LogP contribution in [0.5, 0.6) is 0 Å². The first kappa shape index (κ1) is 21.9. The molecule has 0 unspecified atom stereocenters. The number of rotatable bonds is 6. The van der Waals surface area contributed by atoms with E-state index in [1.807, 2.05) is 0 Å². The number of aryl methyl sites for hydroxylation is 2. The lowest BCUT2D eigenvalue weighted by Gasteiger charge is -2.21. The Kier molecular flexibility index (Phi) is 6.13. The average molecular weight is 468 g/mol. The van der Waals surface area contributed by atoms with E-state index in [1.54, 1.807) is 24.1 Å². The second kappa shape index (κ2) is 8.67. The summed E-state index contributed by atoms with van der Waals surface area (Å²) in [6.45, 7) is 4.49. The van der Waals surface area contributed by atoms with Crippen LogP contribution in [0.3, 0.4) is 0 Å². The van der Waals surface area contributed by atoms with Crippen LogP contribution < -0.4 is 5.32 Å². The highest BCUT2D eigenvalue weighted by atomic mass is 32.2. The van der Waals surface area contributed by atoms with Crippen molar-refractivity contribution >= 4 is 38.3 Å². The molecule has 31 heavy (non-hydrogen) atoms. The van der Waals surface area contributed by atoms with Gasteiger partial charge in [0.2, 0.25) is 21.8 Å². The van der Waals surface area contributed by atoms with Gasteiger partial charge in [0.25, 0.3) is 0 Å². The molecular weight excluding hydrogens is 442 g/mol. The van der Waals surface area contributed by atoms with E-state index in [9.17, 15) is 18.0 Å². The predicted octanol–water partition coefficient (Wildman–Crippen LogP) is 1.56. The Morgan fingerprint density at radius 3 is 2.68 bits per heavy atom. The van der Waals surface area contributed by atoms with Crippen molar-refractivity contribution in [2.75, 3.05) is 31.5 Å². The second-order valence-electron chi connectivity index (χ2n) is 7.88. The first-order valence-electron chi connectivity index (χ1n) is 10.2. The van der Waals surface area contributed by atoms with Crippen LogP contribution in [-0.4, -0.2) is 65.8 Å². The molecule has 2 fully saturated rings. The van der Waals surface area contributed by atoms with E-state index in [-0.39, 0.29) is 41.4 Å². The van der Waals surface area contributed by atoms with E-state index in [4.69, 9.17) is 4.52 Å². The fourth-order valence-corrected chi connectivity index (χ4v) is 6.09. The van der Waals surface area contributed by atoms with E-state index in [2.05, 4.69) is 15.5 Å². The molecular formula is C19H25N5O5S2. The standard InChI is InChI=1S/C19H25N5O5S2/c1-12-17(13(2)29-22-12)31(27,28)24-7-3-6-23(8-9-24)16(25)10-15-11-30-19(20-15)21-18(26)14-4-5-14/h11,14H,3-10H2,1-2H3,(H,20,21,26). The number of aromatic nitrogens is 2. The Bertz CT molecular complexity index is 1070. The summed E-state index contributed by atoms with van der Waals surface area (Å²) in [5.74, 6) is 0.236. The summed E-state index contributed by atoms with van der Waals surface area (Å²) in [7, 11) is -3.73. The maximum Gasteiger partial charge on any atom is 0.248 e. The number of hydrogen-bond donors (Lipinski definition) is 1. The van der Waals surface area contributed by atoms with Gasteiger partial charge in [-0.3, -0.25) is 9.59 Å². The lowest BCUT2D eigenvalue weighted by atomic mass is 10.3. The van der Waals surface area contributed by atoms with Crippen LogP contribution in [0.2, 0.25) is 0 Å². The Morgan fingerprint density at radius 1 is 1.23 bits per heavy atom. The zero-order valence-electron chi connectivity index (χ0n) is 17.5. The summed E-state index contributed by atoms with van der Waals surface area (Å²) in [6, 6.07) is 0.